The lowest BCUT2D eigenvalue weighted by atomic mass is 9.67. The number of nitrogens with zero attached hydrogens (tertiary/aromatic N) is 1. The van der Waals surface area contributed by atoms with E-state index in [-0.39, 0.29) is 0 Å². The van der Waals surface area contributed by atoms with E-state index in [1.54, 1.807) is 0 Å². The maximum Gasteiger partial charge on any atom is 0.136 e. The first-order valence-electron chi connectivity index (χ1n) is 21.2. The average Bonchev–Trinajstić information content (AvgIpc) is 4.01. The van der Waals surface area contributed by atoms with Crippen LogP contribution in [0.2, 0.25) is 0 Å². The highest BCUT2D eigenvalue weighted by atomic mass is 16.3. The fourth-order valence-electron chi connectivity index (χ4n) is 10.5. The molecule has 1 aliphatic rings. The van der Waals surface area contributed by atoms with Gasteiger partial charge in [-0.05, 0) is 117 Å². The van der Waals surface area contributed by atoms with Gasteiger partial charge in [0.2, 0.25) is 0 Å². The molecule has 0 bridgehead atoms. The lowest BCUT2D eigenvalue weighted by Crippen LogP contribution is -2.28. The van der Waals surface area contributed by atoms with Gasteiger partial charge in [-0.25, -0.2) is 0 Å². The first-order chi connectivity index (χ1) is 30.7. The minimum absolute atomic E-state index is 0.492. The highest BCUT2D eigenvalue weighted by Crippen LogP contribution is 2.57. The molecule has 13 rings (SSSR count). The van der Waals surface area contributed by atoms with Gasteiger partial charge in [0.05, 0.1) is 5.41 Å². The van der Waals surface area contributed by atoms with Crippen molar-refractivity contribution in [1.82, 2.24) is 0 Å². The van der Waals surface area contributed by atoms with Crippen LogP contribution < -0.4 is 4.90 Å². The van der Waals surface area contributed by atoms with Gasteiger partial charge in [0, 0.05) is 44.0 Å². The second-order valence-electron chi connectivity index (χ2n) is 16.4. The molecular weight excluding hydrogens is 755 g/mol. The molecule has 62 heavy (non-hydrogen) atoms. The van der Waals surface area contributed by atoms with E-state index in [0.717, 1.165) is 82.8 Å². The van der Waals surface area contributed by atoms with E-state index in [4.69, 9.17) is 8.83 Å². The molecule has 290 valence electrons. The summed E-state index contributed by atoms with van der Waals surface area (Å²) in [5.41, 5.74) is 16.2. The molecule has 0 aliphatic heterocycles. The van der Waals surface area contributed by atoms with Crippen LogP contribution in [0.3, 0.4) is 0 Å². The number of hydrogen-bond donors (Lipinski definition) is 0. The number of furan rings is 2. The molecule has 0 atom stereocenters. The minimum Gasteiger partial charge on any atom is -0.456 e. The predicted molar refractivity (Wildman–Crippen MR) is 256 cm³/mol. The fraction of sp³-hybridized carbons (Fsp3) is 0.0169. The van der Waals surface area contributed by atoms with Crippen molar-refractivity contribution in [3.63, 3.8) is 0 Å². The largest absolute Gasteiger partial charge is 0.456 e. The Balaban J connectivity index is 0.963. The highest BCUT2D eigenvalue weighted by molar-refractivity contribution is 6.31. The lowest BCUT2D eigenvalue weighted by molar-refractivity contribution is 0.669. The van der Waals surface area contributed by atoms with Crippen molar-refractivity contribution in [2.75, 3.05) is 4.90 Å². The second kappa shape index (κ2) is 13.4. The van der Waals surface area contributed by atoms with Crippen molar-refractivity contribution in [2.45, 2.75) is 5.41 Å². The molecule has 0 saturated carbocycles. The highest BCUT2D eigenvalue weighted by Gasteiger charge is 2.46. The topological polar surface area (TPSA) is 29.5 Å². The van der Waals surface area contributed by atoms with Crippen LogP contribution in [0.25, 0.3) is 76.9 Å². The van der Waals surface area contributed by atoms with E-state index in [2.05, 4.69) is 217 Å². The molecule has 0 spiro atoms. The quantitative estimate of drug-likeness (QED) is 0.168. The second-order valence-corrected chi connectivity index (χ2v) is 16.4. The Hall–Kier alpha value is -8.14. The standard InChI is InChI=1S/C59H37NO2/c1-4-14-41(15-5-1)59(42-16-6-2-7-17-42)50-22-12-10-20-46(50)47-32-31-45(37-51(47)59)60(43-18-8-3-9-19-43)44-29-24-38(25-30-44)40-28-33-53-49(36-40)58-55(62-53)35-27-39-26-34-54-57(56(39)58)48-21-11-13-23-52(48)61-54/h1-37H. The van der Waals surface area contributed by atoms with E-state index in [1.165, 1.54) is 33.4 Å². The van der Waals surface area contributed by atoms with Crippen LogP contribution in [0, 0.1) is 0 Å². The van der Waals surface area contributed by atoms with Crippen LogP contribution >= 0.6 is 0 Å². The van der Waals surface area contributed by atoms with Gasteiger partial charge in [-0.1, -0.05) is 158 Å². The predicted octanol–water partition coefficient (Wildman–Crippen LogP) is 16.1. The van der Waals surface area contributed by atoms with Crippen molar-refractivity contribution in [3.8, 4) is 22.3 Å². The van der Waals surface area contributed by atoms with Gasteiger partial charge in [-0.15, -0.1) is 0 Å². The van der Waals surface area contributed by atoms with Gasteiger partial charge >= 0.3 is 0 Å². The maximum atomic E-state index is 6.52. The van der Waals surface area contributed by atoms with Crippen molar-refractivity contribution >= 4 is 71.7 Å². The van der Waals surface area contributed by atoms with E-state index in [1.807, 2.05) is 12.1 Å². The van der Waals surface area contributed by atoms with Crippen LogP contribution in [0.1, 0.15) is 22.3 Å². The van der Waals surface area contributed by atoms with E-state index >= 15 is 0 Å². The number of anilines is 3. The zero-order valence-electron chi connectivity index (χ0n) is 33.6. The molecule has 0 radical (unpaired) electrons. The molecule has 2 heterocycles. The van der Waals surface area contributed by atoms with E-state index in [0.29, 0.717) is 0 Å². The maximum absolute atomic E-state index is 6.52. The molecule has 0 amide bonds. The van der Waals surface area contributed by atoms with Gasteiger partial charge in [-0.3, -0.25) is 0 Å². The Morgan fingerprint density at radius 2 is 0.855 bits per heavy atom. The molecule has 0 fully saturated rings. The summed E-state index contributed by atoms with van der Waals surface area (Å²) in [6.45, 7) is 0. The molecule has 0 N–H and O–H groups in total. The van der Waals surface area contributed by atoms with Gasteiger partial charge in [0.25, 0.3) is 0 Å². The normalized spacial score (nSPS) is 13.0. The zero-order valence-corrected chi connectivity index (χ0v) is 33.6. The van der Waals surface area contributed by atoms with Crippen LogP contribution in [-0.2, 0) is 5.41 Å². The Morgan fingerprint density at radius 3 is 1.58 bits per heavy atom. The van der Waals surface area contributed by atoms with Crippen molar-refractivity contribution in [1.29, 1.82) is 0 Å². The van der Waals surface area contributed by atoms with Crippen LogP contribution in [0.15, 0.2) is 233 Å². The summed E-state index contributed by atoms with van der Waals surface area (Å²) in [5, 5.41) is 6.77. The average molecular weight is 792 g/mol. The van der Waals surface area contributed by atoms with E-state index < -0.39 is 5.41 Å². The number of fused-ring (bicyclic) bond motifs is 12. The minimum atomic E-state index is -0.492. The molecule has 10 aromatic carbocycles. The first-order valence-corrected chi connectivity index (χ1v) is 21.2. The number of para-hydroxylation sites is 2. The van der Waals surface area contributed by atoms with Gasteiger partial charge in [0.1, 0.15) is 22.3 Å². The molecule has 0 unspecified atom stereocenters. The van der Waals surface area contributed by atoms with Crippen molar-refractivity contribution < 1.29 is 8.83 Å². The summed E-state index contributed by atoms with van der Waals surface area (Å²) in [7, 11) is 0. The number of rotatable bonds is 6. The van der Waals surface area contributed by atoms with Gasteiger partial charge in [-0.2, -0.15) is 0 Å². The van der Waals surface area contributed by atoms with Gasteiger partial charge in [0.15, 0.2) is 0 Å². The molecule has 3 heteroatoms. The number of hydrogen-bond acceptors (Lipinski definition) is 3. The third-order valence-corrected chi connectivity index (χ3v) is 13.1. The summed E-state index contributed by atoms with van der Waals surface area (Å²) in [5.74, 6) is 0. The Bertz CT molecular complexity index is 3630. The molecule has 1 aliphatic carbocycles. The fourth-order valence-corrected chi connectivity index (χ4v) is 10.5. The summed E-state index contributed by atoms with van der Waals surface area (Å²) >= 11 is 0. The first kappa shape index (κ1) is 34.7. The smallest absolute Gasteiger partial charge is 0.136 e. The molecule has 0 saturated heterocycles. The molecular formula is C59H37NO2. The van der Waals surface area contributed by atoms with Crippen molar-refractivity contribution in [3.05, 3.63) is 247 Å². The third-order valence-electron chi connectivity index (χ3n) is 13.1. The summed E-state index contributed by atoms with van der Waals surface area (Å²) in [6.07, 6.45) is 0. The van der Waals surface area contributed by atoms with Gasteiger partial charge < -0.3 is 13.7 Å². The molecule has 2 aromatic heterocycles. The lowest BCUT2D eigenvalue weighted by Gasteiger charge is -2.35. The zero-order chi connectivity index (χ0) is 40.8. The summed E-state index contributed by atoms with van der Waals surface area (Å²) in [6, 6.07) is 81.0. The Morgan fingerprint density at radius 1 is 0.323 bits per heavy atom. The van der Waals surface area contributed by atoms with E-state index in [9.17, 15) is 0 Å². The summed E-state index contributed by atoms with van der Waals surface area (Å²) < 4.78 is 12.9. The monoisotopic (exact) mass is 791 g/mol. The molecule has 12 aromatic rings. The van der Waals surface area contributed by atoms with Crippen LogP contribution in [-0.4, -0.2) is 0 Å². The Labute approximate surface area is 358 Å². The SMILES string of the molecule is c1ccc(N(c2ccc(-c3ccc4oc5ccc6ccc7oc8ccccc8c7c6c5c4c3)cc2)c2ccc3c(c2)C(c2ccccc2)(c2ccccc2)c2ccccc2-3)cc1. The summed E-state index contributed by atoms with van der Waals surface area (Å²) in [4.78, 5) is 2.38. The van der Waals surface area contributed by atoms with Crippen LogP contribution in [0.4, 0.5) is 17.1 Å². The number of benzene rings is 10. The molecule has 3 nitrogen and oxygen atoms in total. The third kappa shape index (κ3) is 5.00. The van der Waals surface area contributed by atoms with Crippen molar-refractivity contribution in [2.24, 2.45) is 0 Å². The van der Waals surface area contributed by atoms with Crippen LogP contribution in [0.5, 0.6) is 0 Å². The Kier molecular flexibility index (Phi) is 7.52.